The van der Waals surface area contributed by atoms with Crippen LogP contribution in [0.4, 0.5) is 30.7 Å². The first kappa shape index (κ1) is 38.3. The molecule has 1 saturated carbocycles. The third-order valence-corrected chi connectivity index (χ3v) is 11.1. The van der Waals surface area contributed by atoms with E-state index in [4.69, 9.17) is 9.72 Å². The minimum atomic E-state index is -3.50. The van der Waals surface area contributed by atoms with Gasteiger partial charge in [-0.15, -0.1) is 0 Å². The van der Waals surface area contributed by atoms with Crippen molar-refractivity contribution in [3.8, 4) is 11.1 Å². The zero-order valence-electron chi connectivity index (χ0n) is 29.6. The number of aromatic carboxylic acids is 1. The highest BCUT2D eigenvalue weighted by molar-refractivity contribution is 8.32. The molecule has 3 heterocycles. The van der Waals surface area contributed by atoms with Gasteiger partial charge in [-0.05, 0) is 79.0 Å². The molecule has 1 fully saturated rings. The molecule has 18 heteroatoms. The molecule has 0 aliphatic heterocycles. The fourth-order valence-corrected chi connectivity index (χ4v) is 7.69. The van der Waals surface area contributed by atoms with E-state index in [-0.39, 0.29) is 53.0 Å². The largest absolute Gasteiger partial charge is 0.478 e. The van der Waals surface area contributed by atoms with E-state index in [2.05, 4.69) is 34.3 Å². The molecule has 55 heavy (non-hydrogen) atoms. The second kappa shape index (κ2) is 14.3. The Morgan fingerprint density at radius 3 is 2.44 bits per heavy atom. The number of halogens is 7. The van der Waals surface area contributed by atoms with Gasteiger partial charge in [0.1, 0.15) is 47.6 Å². The predicted octanol–water partition coefficient (Wildman–Crippen LogP) is 7.33. The van der Waals surface area contributed by atoms with E-state index in [0.29, 0.717) is 22.9 Å². The number of hydrogen-bond acceptors (Lipinski definition) is 6. The Morgan fingerprint density at radius 2 is 1.76 bits per heavy atom. The highest BCUT2D eigenvalue weighted by atomic mass is 32.3. The standard InChI is InChI=1S/C37H35F7N6O4S/c1-55(2,3)7-6-54-17-50-29-14-22(19-4-5-26(40)24(11-19)36(52)53)32(47-28(29)15-45-50)27(10-18-8-20(38)12-21(39)9-18)46-30(51)16-49-34-31(33(48-49)35(41)42)23-13-25(23)37(34,43)44/h4-5,8-9,11-12,14-15,23,25,27,35H,6-7,10,13,16-17H2,1-3H3,(H,46,51)(H,52,53)/t23-,25+,27-/m0/s1. The van der Waals surface area contributed by atoms with Gasteiger partial charge in [0.2, 0.25) is 5.91 Å². The minimum absolute atomic E-state index is 0.00710. The number of amides is 1. The normalized spacial score (nSPS) is 18.0. The smallest absolute Gasteiger partial charge is 0.338 e. The van der Waals surface area contributed by atoms with Gasteiger partial charge < -0.3 is 15.2 Å². The summed E-state index contributed by atoms with van der Waals surface area (Å²) in [5.74, 6) is -10.1. The van der Waals surface area contributed by atoms with Gasteiger partial charge in [0.05, 0.1) is 35.6 Å². The van der Waals surface area contributed by atoms with E-state index in [1.165, 1.54) is 16.9 Å². The molecule has 2 aliphatic rings. The number of alkyl halides is 4. The van der Waals surface area contributed by atoms with Crippen molar-refractivity contribution in [2.24, 2.45) is 5.92 Å². The topological polar surface area (TPSA) is 124 Å². The summed E-state index contributed by atoms with van der Waals surface area (Å²) in [5, 5.41) is 20.5. The molecule has 10 nitrogen and oxygen atoms in total. The molecular formula is C37H35F7N6O4S. The second-order valence-electron chi connectivity index (χ2n) is 14.6. The number of carboxylic acid groups (broad SMARTS) is 1. The van der Waals surface area contributed by atoms with Crippen LogP contribution in [-0.2, 0) is 35.2 Å². The third-order valence-electron chi connectivity index (χ3n) is 9.71. The van der Waals surface area contributed by atoms with Crippen molar-refractivity contribution in [1.29, 1.82) is 0 Å². The molecule has 0 saturated heterocycles. The average Bonchev–Trinajstić information content (AvgIpc) is 3.57. The van der Waals surface area contributed by atoms with Crippen LogP contribution in [0, 0.1) is 23.4 Å². The molecule has 5 aromatic rings. The maximum atomic E-state index is 15.3. The molecule has 2 aromatic carbocycles. The number of pyridine rings is 1. The lowest BCUT2D eigenvalue weighted by Gasteiger charge is -2.24. The number of hydrogen-bond donors (Lipinski definition) is 2. The molecule has 3 aromatic heterocycles. The summed E-state index contributed by atoms with van der Waals surface area (Å²) < 4.78 is 110. The van der Waals surface area contributed by atoms with Crippen LogP contribution in [0.25, 0.3) is 22.2 Å². The van der Waals surface area contributed by atoms with Gasteiger partial charge in [-0.1, -0.05) is 6.07 Å². The number of rotatable bonds is 14. The Kier molecular flexibility index (Phi) is 9.94. The zero-order valence-corrected chi connectivity index (χ0v) is 30.4. The van der Waals surface area contributed by atoms with Crippen LogP contribution in [0.2, 0.25) is 0 Å². The van der Waals surface area contributed by atoms with E-state index < -0.39 is 93.1 Å². The van der Waals surface area contributed by atoms with Crippen LogP contribution in [0.3, 0.4) is 0 Å². The predicted molar refractivity (Wildman–Crippen MR) is 189 cm³/mol. The molecule has 3 atom stereocenters. The fraction of sp³-hybridized carbons (Fsp3) is 0.378. The van der Waals surface area contributed by atoms with Gasteiger partial charge in [-0.3, -0.25) is 9.48 Å². The van der Waals surface area contributed by atoms with E-state index in [9.17, 15) is 36.6 Å². The Bertz CT molecular complexity index is 2300. The Hall–Kier alpha value is -4.97. The lowest BCUT2D eigenvalue weighted by Crippen LogP contribution is -2.35. The summed E-state index contributed by atoms with van der Waals surface area (Å²) in [6, 6.07) is 6.19. The van der Waals surface area contributed by atoms with E-state index in [1.54, 1.807) is 6.07 Å². The van der Waals surface area contributed by atoms with Crippen molar-refractivity contribution >= 4 is 32.9 Å². The SMILES string of the molecule is CS(C)(C)CCOCn1ncc2nc([C@H](Cc3cc(F)cc(F)c3)NC(=O)Cn3nc(C(F)F)c4c3C(F)(F)[C@@H]3C[C@H]43)c(-c3ccc(F)c(C(=O)O)c3)cc21. The molecule has 2 aliphatic carbocycles. The van der Waals surface area contributed by atoms with Gasteiger partial charge in [-0.25, -0.2) is 46.4 Å². The number of aromatic nitrogens is 5. The molecule has 2 N–H and O–H groups in total. The summed E-state index contributed by atoms with van der Waals surface area (Å²) in [6.45, 7) is -0.476. The van der Waals surface area contributed by atoms with Crippen LogP contribution >= 0.6 is 10.0 Å². The number of nitrogens with one attached hydrogen (secondary N) is 1. The van der Waals surface area contributed by atoms with Gasteiger partial charge in [0, 0.05) is 28.9 Å². The number of carbonyl (C=O) groups is 2. The lowest BCUT2D eigenvalue weighted by molar-refractivity contribution is -0.123. The lowest BCUT2D eigenvalue weighted by atomic mass is 9.94. The van der Waals surface area contributed by atoms with Crippen LogP contribution in [0.1, 0.15) is 63.4 Å². The van der Waals surface area contributed by atoms with Gasteiger partial charge in [-0.2, -0.15) is 19.0 Å². The van der Waals surface area contributed by atoms with E-state index >= 15 is 8.78 Å². The van der Waals surface area contributed by atoms with Gasteiger partial charge in [0.15, 0.2) is 0 Å². The van der Waals surface area contributed by atoms with Crippen LogP contribution in [0.5, 0.6) is 0 Å². The Morgan fingerprint density at radius 1 is 1.04 bits per heavy atom. The number of fused-ring (bicyclic) bond motifs is 4. The highest BCUT2D eigenvalue weighted by Gasteiger charge is 2.67. The first-order valence-electron chi connectivity index (χ1n) is 17.1. The average molecular weight is 793 g/mol. The number of ether oxygens (including phenoxy) is 1. The first-order valence-corrected chi connectivity index (χ1v) is 20.1. The van der Waals surface area contributed by atoms with Crippen LogP contribution < -0.4 is 5.32 Å². The molecule has 0 bridgehead atoms. The molecule has 7 rings (SSSR count). The van der Waals surface area contributed by atoms with E-state index in [1.807, 2.05) is 0 Å². The first-order chi connectivity index (χ1) is 25.9. The highest BCUT2D eigenvalue weighted by Crippen LogP contribution is 2.68. The number of carboxylic acids is 1. The minimum Gasteiger partial charge on any atom is -0.478 e. The molecule has 292 valence electrons. The summed E-state index contributed by atoms with van der Waals surface area (Å²) in [4.78, 5) is 30.5. The van der Waals surface area contributed by atoms with Crippen molar-refractivity contribution in [1.82, 2.24) is 29.9 Å². The number of benzene rings is 2. The maximum Gasteiger partial charge on any atom is 0.338 e. The summed E-state index contributed by atoms with van der Waals surface area (Å²) in [6.07, 6.45) is 4.33. The summed E-state index contributed by atoms with van der Waals surface area (Å²) in [7, 11) is -0.857. The van der Waals surface area contributed by atoms with Gasteiger partial charge >= 0.3 is 5.97 Å². The maximum absolute atomic E-state index is 15.3. The molecule has 0 radical (unpaired) electrons. The number of nitrogens with zero attached hydrogens (tertiary/aromatic N) is 5. The molecule has 1 amide bonds. The third kappa shape index (κ3) is 7.65. The van der Waals surface area contributed by atoms with Gasteiger partial charge in [0.25, 0.3) is 12.3 Å². The van der Waals surface area contributed by atoms with Crippen LogP contribution in [-0.4, -0.2) is 72.7 Å². The Labute approximate surface area is 311 Å². The summed E-state index contributed by atoms with van der Waals surface area (Å²) in [5.41, 5.74) is -1.52. The second-order valence-corrected chi connectivity index (χ2v) is 19.2. The monoisotopic (exact) mass is 792 g/mol. The number of carbonyl (C=O) groups excluding carboxylic acids is 1. The molecule has 0 unspecified atom stereocenters. The van der Waals surface area contributed by atoms with Crippen molar-refractivity contribution in [2.75, 3.05) is 31.1 Å². The summed E-state index contributed by atoms with van der Waals surface area (Å²) >= 11 is 0. The van der Waals surface area contributed by atoms with Crippen molar-refractivity contribution < 1.29 is 50.2 Å². The van der Waals surface area contributed by atoms with Crippen molar-refractivity contribution in [2.45, 2.75) is 50.4 Å². The zero-order chi connectivity index (χ0) is 39.6. The Balaban J connectivity index is 1.31. The van der Waals surface area contributed by atoms with Crippen molar-refractivity contribution in [3.05, 3.63) is 99.9 Å². The van der Waals surface area contributed by atoms with E-state index in [0.717, 1.165) is 30.0 Å². The molecule has 0 spiro atoms. The fourth-order valence-electron chi connectivity index (χ4n) is 7.07. The van der Waals surface area contributed by atoms with Crippen molar-refractivity contribution in [3.63, 3.8) is 0 Å². The quantitative estimate of drug-likeness (QED) is 0.0893. The molecular weight excluding hydrogens is 757 g/mol. The van der Waals surface area contributed by atoms with Crippen LogP contribution in [0.15, 0.2) is 48.7 Å².